The Labute approximate surface area is 170 Å². The van der Waals surface area contributed by atoms with Gasteiger partial charge in [-0.05, 0) is 37.2 Å². The van der Waals surface area contributed by atoms with Crippen molar-refractivity contribution < 1.29 is 9.53 Å². The van der Waals surface area contributed by atoms with Gasteiger partial charge in [0.05, 0.1) is 5.92 Å². The van der Waals surface area contributed by atoms with E-state index in [2.05, 4.69) is 23.6 Å². The van der Waals surface area contributed by atoms with Gasteiger partial charge < -0.3 is 15.4 Å². The van der Waals surface area contributed by atoms with Gasteiger partial charge in [0.15, 0.2) is 0 Å². The summed E-state index contributed by atoms with van der Waals surface area (Å²) in [5.74, 6) is 0.295. The Bertz CT molecular complexity index is 606. The highest BCUT2D eigenvalue weighted by atomic mass is 16.5. The summed E-state index contributed by atoms with van der Waals surface area (Å²) in [6.07, 6.45) is 3.92. The molecule has 0 aromatic heterocycles. The molecule has 1 amide bonds. The Balaban J connectivity index is 1.67. The number of hydrogen-bond donors (Lipinski definition) is 1. The van der Waals surface area contributed by atoms with E-state index in [-0.39, 0.29) is 17.4 Å². The number of benzene rings is 1. The van der Waals surface area contributed by atoms with Crippen molar-refractivity contribution in [2.45, 2.75) is 51.0 Å². The minimum atomic E-state index is -0.213. The zero-order chi connectivity index (χ0) is 20.0. The van der Waals surface area contributed by atoms with Crippen LogP contribution < -0.4 is 5.73 Å². The van der Waals surface area contributed by atoms with Gasteiger partial charge >= 0.3 is 0 Å². The van der Waals surface area contributed by atoms with Gasteiger partial charge in [0, 0.05) is 51.5 Å². The lowest BCUT2D eigenvalue weighted by Gasteiger charge is -2.50. The molecule has 5 nitrogen and oxygen atoms in total. The molecule has 1 atom stereocenters. The molecule has 0 radical (unpaired) electrons. The molecule has 2 saturated heterocycles. The zero-order valence-electron chi connectivity index (χ0n) is 17.6. The summed E-state index contributed by atoms with van der Waals surface area (Å²) in [5.41, 5.74) is 6.97. The monoisotopic (exact) mass is 387 g/mol. The van der Waals surface area contributed by atoms with Crippen molar-refractivity contribution in [1.29, 1.82) is 0 Å². The summed E-state index contributed by atoms with van der Waals surface area (Å²) < 4.78 is 5.70. The molecule has 2 aliphatic heterocycles. The second kappa shape index (κ2) is 9.86. The Hall–Kier alpha value is -1.43. The van der Waals surface area contributed by atoms with Gasteiger partial charge in [-0.2, -0.15) is 0 Å². The maximum atomic E-state index is 12.2. The van der Waals surface area contributed by atoms with E-state index >= 15 is 0 Å². The fourth-order valence-electron chi connectivity index (χ4n) is 4.97. The molecule has 5 heteroatoms. The summed E-state index contributed by atoms with van der Waals surface area (Å²) in [7, 11) is 0. The molecular formula is C23H37N3O2. The molecule has 0 bridgehead atoms. The Morgan fingerprint density at radius 1 is 1.11 bits per heavy atom. The van der Waals surface area contributed by atoms with Crippen LogP contribution in [0.3, 0.4) is 0 Å². The molecule has 0 spiro atoms. The van der Waals surface area contributed by atoms with Gasteiger partial charge in [-0.3, -0.25) is 9.69 Å². The van der Waals surface area contributed by atoms with E-state index in [1.807, 2.05) is 30.3 Å². The van der Waals surface area contributed by atoms with Gasteiger partial charge in [0.25, 0.3) is 0 Å². The van der Waals surface area contributed by atoms with Crippen LogP contribution in [-0.4, -0.2) is 67.2 Å². The van der Waals surface area contributed by atoms with E-state index in [9.17, 15) is 4.79 Å². The van der Waals surface area contributed by atoms with E-state index in [0.29, 0.717) is 5.92 Å². The third kappa shape index (κ3) is 5.34. The average Bonchev–Trinajstić information content (AvgIpc) is 2.69. The van der Waals surface area contributed by atoms with E-state index in [1.165, 1.54) is 6.54 Å². The van der Waals surface area contributed by atoms with Gasteiger partial charge in [-0.25, -0.2) is 0 Å². The van der Waals surface area contributed by atoms with Gasteiger partial charge in [-0.1, -0.05) is 44.2 Å². The predicted molar refractivity (Wildman–Crippen MR) is 113 cm³/mol. The van der Waals surface area contributed by atoms with Crippen molar-refractivity contribution in [1.82, 2.24) is 9.80 Å². The number of carbonyl (C=O) groups is 1. The van der Waals surface area contributed by atoms with Crippen LogP contribution in [0.15, 0.2) is 30.3 Å². The first kappa shape index (κ1) is 21.3. The highest BCUT2D eigenvalue weighted by Crippen LogP contribution is 2.36. The topological polar surface area (TPSA) is 58.8 Å². The zero-order valence-corrected chi connectivity index (χ0v) is 17.6. The van der Waals surface area contributed by atoms with Crippen LogP contribution in [0.4, 0.5) is 0 Å². The number of rotatable bonds is 8. The molecule has 3 rings (SSSR count). The van der Waals surface area contributed by atoms with Gasteiger partial charge in [-0.15, -0.1) is 0 Å². The largest absolute Gasteiger partial charge is 0.381 e. The number of carbonyl (C=O) groups excluding carboxylic acids is 1. The van der Waals surface area contributed by atoms with Crippen LogP contribution in [0, 0.1) is 5.92 Å². The first-order valence-electron chi connectivity index (χ1n) is 10.9. The van der Waals surface area contributed by atoms with Crippen LogP contribution in [0.2, 0.25) is 0 Å². The second-order valence-electron chi connectivity index (χ2n) is 8.92. The van der Waals surface area contributed by atoms with Crippen molar-refractivity contribution in [2.24, 2.45) is 11.7 Å². The third-order valence-electron chi connectivity index (χ3n) is 6.53. The van der Waals surface area contributed by atoms with Crippen LogP contribution >= 0.6 is 0 Å². The van der Waals surface area contributed by atoms with Gasteiger partial charge in [0.1, 0.15) is 0 Å². The summed E-state index contributed by atoms with van der Waals surface area (Å²) in [6, 6.07) is 10.0. The fraction of sp³-hybridized carbons (Fsp3) is 0.696. The highest BCUT2D eigenvalue weighted by molar-refractivity contribution is 5.81. The van der Waals surface area contributed by atoms with Crippen molar-refractivity contribution in [3.05, 3.63) is 35.9 Å². The average molecular weight is 388 g/mol. The molecule has 1 aromatic carbocycles. The second-order valence-corrected chi connectivity index (χ2v) is 8.92. The summed E-state index contributed by atoms with van der Waals surface area (Å²) in [5, 5.41) is 0. The molecule has 0 aliphatic carbocycles. The number of ether oxygens (including phenoxy) is 1. The van der Waals surface area contributed by atoms with Crippen LogP contribution in [0.5, 0.6) is 0 Å². The minimum absolute atomic E-state index is 0.144. The minimum Gasteiger partial charge on any atom is -0.381 e. The first-order valence-corrected chi connectivity index (χ1v) is 10.9. The number of primary amides is 1. The number of amides is 1. The fourth-order valence-corrected chi connectivity index (χ4v) is 4.97. The SMILES string of the molecule is CC(C)CN1CCN(C2(CCC(C(N)=O)c3ccccc3)CCOCC2)CC1. The normalized spacial score (nSPS) is 22.2. The van der Waals surface area contributed by atoms with Gasteiger partial charge in [0.2, 0.25) is 5.91 Å². The van der Waals surface area contributed by atoms with Crippen LogP contribution in [0.25, 0.3) is 0 Å². The maximum Gasteiger partial charge on any atom is 0.224 e. The predicted octanol–water partition coefficient (Wildman–Crippen LogP) is 2.86. The summed E-state index contributed by atoms with van der Waals surface area (Å²) >= 11 is 0. The van der Waals surface area contributed by atoms with Crippen LogP contribution in [-0.2, 0) is 9.53 Å². The lowest BCUT2D eigenvalue weighted by atomic mass is 9.79. The van der Waals surface area contributed by atoms with Crippen molar-refractivity contribution in [3.8, 4) is 0 Å². The standard InChI is InChI=1S/C23H37N3O2/c1-19(2)18-25-12-14-26(15-13-25)23(10-16-28-17-11-23)9-8-21(22(24)27)20-6-4-3-5-7-20/h3-7,19,21H,8-18H2,1-2H3,(H2,24,27). The third-order valence-corrected chi connectivity index (χ3v) is 6.53. The molecular weight excluding hydrogens is 350 g/mol. The van der Waals surface area contributed by atoms with E-state index in [1.54, 1.807) is 0 Å². The number of nitrogens with two attached hydrogens (primary N) is 1. The number of nitrogens with zero attached hydrogens (tertiary/aromatic N) is 2. The molecule has 0 saturated carbocycles. The molecule has 28 heavy (non-hydrogen) atoms. The van der Waals surface area contributed by atoms with Crippen LogP contribution in [0.1, 0.15) is 51.0 Å². The maximum absolute atomic E-state index is 12.2. The smallest absolute Gasteiger partial charge is 0.224 e. The molecule has 1 unspecified atom stereocenters. The summed E-state index contributed by atoms with van der Waals surface area (Å²) in [6.45, 7) is 11.9. The molecule has 2 aliphatic rings. The Morgan fingerprint density at radius 3 is 2.32 bits per heavy atom. The highest BCUT2D eigenvalue weighted by Gasteiger charge is 2.40. The van der Waals surface area contributed by atoms with Crippen molar-refractivity contribution >= 4 is 5.91 Å². The van der Waals surface area contributed by atoms with E-state index < -0.39 is 0 Å². The van der Waals surface area contributed by atoms with Crippen molar-refractivity contribution in [2.75, 3.05) is 45.9 Å². The summed E-state index contributed by atoms with van der Waals surface area (Å²) in [4.78, 5) is 17.5. The molecule has 2 fully saturated rings. The number of piperazine rings is 1. The van der Waals surface area contributed by atoms with E-state index in [0.717, 1.165) is 70.6 Å². The molecule has 2 N–H and O–H groups in total. The molecule has 1 aromatic rings. The molecule has 156 valence electrons. The quantitative estimate of drug-likeness (QED) is 0.745. The Kier molecular flexibility index (Phi) is 7.49. The number of hydrogen-bond acceptors (Lipinski definition) is 4. The lowest BCUT2D eigenvalue weighted by molar-refractivity contribution is -0.120. The molecule has 2 heterocycles. The lowest BCUT2D eigenvalue weighted by Crippen LogP contribution is -2.59. The Morgan fingerprint density at radius 2 is 1.75 bits per heavy atom. The van der Waals surface area contributed by atoms with E-state index in [4.69, 9.17) is 10.5 Å². The first-order chi connectivity index (χ1) is 13.5. The van der Waals surface area contributed by atoms with Crippen molar-refractivity contribution in [3.63, 3.8) is 0 Å².